The van der Waals surface area contributed by atoms with Crippen LogP contribution in [0.3, 0.4) is 0 Å². The highest BCUT2D eigenvalue weighted by Crippen LogP contribution is 2.31. The molecule has 0 spiro atoms. The number of hydrogen-bond donors (Lipinski definition) is 0. The van der Waals surface area contributed by atoms with Crippen molar-refractivity contribution in [2.45, 2.75) is 24.8 Å². The highest BCUT2D eigenvalue weighted by atomic mass is 35.5. The molecule has 1 amide bonds. The van der Waals surface area contributed by atoms with Gasteiger partial charge in [-0.05, 0) is 42.3 Å². The fourth-order valence-corrected chi connectivity index (χ4v) is 5.75. The van der Waals surface area contributed by atoms with Crippen LogP contribution in [0.25, 0.3) is 0 Å². The molecule has 1 fully saturated rings. The molecule has 0 saturated carbocycles. The molecule has 0 radical (unpaired) electrons. The van der Waals surface area contributed by atoms with Crippen LogP contribution in [0.2, 0.25) is 5.02 Å². The normalized spacial score (nSPS) is 17.9. The number of halogens is 2. The van der Waals surface area contributed by atoms with E-state index in [0.29, 0.717) is 56.3 Å². The summed E-state index contributed by atoms with van der Waals surface area (Å²) >= 11 is 6.11. The van der Waals surface area contributed by atoms with Gasteiger partial charge in [0.05, 0.1) is 4.90 Å². The SMILES string of the molecule is CC(=O)N1CCc2cc(S(=O)(=O)N3CCN(Cc4c(F)cccc4Cl)CC3)ccc21. The molecule has 0 bridgehead atoms. The maximum atomic E-state index is 14.0. The van der Waals surface area contributed by atoms with Crippen LogP contribution in [-0.4, -0.2) is 56.3 Å². The molecule has 0 N–H and O–H groups in total. The number of benzene rings is 2. The highest BCUT2D eigenvalue weighted by Gasteiger charge is 2.31. The second-order valence-corrected chi connectivity index (χ2v) is 9.94. The van der Waals surface area contributed by atoms with Crippen LogP contribution in [0, 0.1) is 5.82 Å². The summed E-state index contributed by atoms with van der Waals surface area (Å²) in [6, 6.07) is 9.57. The summed E-state index contributed by atoms with van der Waals surface area (Å²) in [7, 11) is -3.63. The Morgan fingerprint density at radius 2 is 1.83 bits per heavy atom. The van der Waals surface area contributed by atoms with E-state index in [1.165, 1.54) is 17.3 Å². The van der Waals surface area contributed by atoms with Crippen LogP contribution in [0.15, 0.2) is 41.3 Å². The fourth-order valence-electron chi connectivity index (χ4n) is 4.05. The number of nitrogens with zero attached hydrogens (tertiary/aromatic N) is 3. The predicted molar refractivity (Wildman–Crippen MR) is 114 cm³/mol. The van der Waals surface area contributed by atoms with Gasteiger partial charge in [-0.25, -0.2) is 12.8 Å². The van der Waals surface area contributed by atoms with Crippen LogP contribution >= 0.6 is 11.6 Å². The molecule has 1 saturated heterocycles. The Bertz CT molecular complexity index is 1060. The van der Waals surface area contributed by atoms with Crippen molar-refractivity contribution in [3.05, 3.63) is 58.4 Å². The zero-order valence-corrected chi connectivity index (χ0v) is 18.2. The first-order chi connectivity index (χ1) is 14.3. The second kappa shape index (κ2) is 8.26. The number of anilines is 1. The smallest absolute Gasteiger partial charge is 0.243 e. The molecular formula is C21H23ClFN3O3S. The molecule has 0 aromatic heterocycles. The third-order valence-corrected chi connectivity index (χ3v) is 7.99. The molecule has 2 aliphatic rings. The molecule has 160 valence electrons. The lowest BCUT2D eigenvalue weighted by molar-refractivity contribution is -0.116. The van der Waals surface area contributed by atoms with Gasteiger partial charge in [0.1, 0.15) is 5.82 Å². The number of hydrogen-bond acceptors (Lipinski definition) is 4. The Morgan fingerprint density at radius 3 is 2.50 bits per heavy atom. The zero-order valence-electron chi connectivity index (χ0n) is 16.6. The summed E-state index contributed by atoms with van der Waals surface area (Å²) in [6.45, 7) is 4.06. The van der Waals surface area contributed by atoms with Gasteiger partial charge >= 0.3 is 0 Å². The maximum Gasteiger partial charge on any atom is 0.243 e. The van der Waals surface area contributed by atoms with E-state index in [1.54, 1.807) is 35.2 Å². The summed E-state index contributed by atoms with van der Waals surface area (Å²) in [5.74, 6) is -0.397. The molecular weight excluding hydrogens is 429 g/mol. The van der Waals surface area contributed by atoms with Crippen molar-refractivity contribution < 1.29 is 17.6 Å². The van der Waals surface area contributed by atoms with Gasteiger partial charge in [-0.3, -0.25) is 9.69 Å². The zero-order chi connectivity index (χ0) is 21.5. The number of amides is 1. The number of rotatable bonds is 4. The minimum absolute atomic E-state index is 0.0459. The number of carbonyl (C=O) groups excluding carboxylic acids is 1. The van der Waals surface area contributed by atoms with Crippen molar-refractivity contribution >= 4 is 33.2 Å². The van der Waals surface area contributed by atoms with Gasteiger partial charge in [0.25, 0.3) is 0 Å². The molecule has 9 heteroatoms. The van der Waals surface area contributed by atoms with Gasteiger partial charge in [-0.15, -0.1) is 0 Å². The van der Waals surface area contributed by atoms with E-state index in [-0.39, 0.29) is 16.6 Å². The van der Waals surface area contributed by atoms with Gasteiger partial charge in [-0.2, -0.15) is 4.31 Å². The van der Waals surface area contributed by atoms with Crippen LogP contribution in [0.4, 0.5) is 10.1 Å². The molecule has 0 unspecified atom stereocenters. The lowest BCUT2D eigenvalue weighted by Gasteiger charge is -2.34. The van der Waals surface area contributed by atoms with E-state index in [9.17, 15) is 17.6 Å². The third kappa shape index (κ3) is 3.97. The monoisotopic (exact) mass is 451 g/mol. The van der Waals surface area contributed by atoms with Gasteiger partial charge in [-0.1, -0.05) is 17.7 Å². The minimum Gasteiger partial charge on any atom is -0.312 e. The first-order valence-corrected chi connectivity index (χ1v) is 11.7. The fraction of sp³-hybridized carbons (Fsp3) is 0.381. The number of sulfonamides is 1. The Hall–Kier alpha value is -2.00. The van der Waals surface area contributed by atoms with E-state index in [4.69, 9.17) is 11.6 Å². The Kier molecular flexibility index (Phi) is 5.85. The molecule has 2 aliphatic heterocycles. The second-order valence-electron chi connectivity index (χ2n) is 7.59. The van der Waals surface area contributed by atoms with Crippen LogP contribution in [0.1, 0.15) is 18.1 Å². The van der Waals surface area contributed by atoms with E-state index in [2.05, 4.69) is 0 Å². The lowest BCUT2D eigenvalue weighted by atomic mass is 10.2. The van der Waals surface area contributed by atoms with Gasteiger partial charge < -0.3 is 4.90 Å². The first-order valence-electron chi connectivity index (χ1n) is 9.84. The van der Waals surface area contributed by atoms with E-state index in [0.717, 1.165) is 11.3 Å². The van der Waals surface area contributed by atoms with Crippen LogP contribution in [-0.2, 0) is 27.8 Å². The van der Waals surface area contributed by atoms with Crippen molar-refractivity contribution in [2.75, 3.05) is 37.6 Å². The predicted octanol–water partition coefficient (Wildman–Crippen LogP) is 2.89. The molecule has 4 rings (SSSR count). The number of piperazine rings is 1. The topological polar surface area (TPSA) is 60.9 Å². The van der Waals surface area contributed by atoms with Crippen molar-refractivity contribution in [2.24, 2.45) is 0 Å². The Labute approximate surface area is 180 Å². The summed E-state index contributed by atoms with van der Waals surface area (Å²) in [5, 5.41) is 0.378. The summed E-state index contributed by atoms with van der Waals surface area (Å²) in [5.41, 5.74) is 2.09. The lowest BCUT2D eigenvalue weighted by Crippen LogP contribution is -2.48. The molecule has 2 aromatic rings. The van der Waals surface area contributed by atoms with Crippen molar-refractivity contribution in [3.8, 4) is 0 Å². The average molecular weight is 452 g/mol. The first kappa shape index (κ1) is 21.2. The largest absolute Gasteiger partial charge is 0.312 e. The van der Waals surface area contributed by atoms with Crippen molar-refractivity contribution in [3.63, 3.8) is 0 Å². The Balaban J connectivity index is 1.45. The van der Waals surface area contributed by atoms with E-state index >= 15 is 0 Å². The minimum atomic E-state index is -3.63. The van der Waals surface area contributed by atoms with Gasteiger partial charge in [0.15, 0.2) is 0 Å². The van der Waals surface area contributed by atoms with Crippen LogP contribution < -0.4 is 4.90 Å². The van der Waals surface area contributed by atoms with Gasteiger partial charge in [0, 0.05) is 62.5 Å². The van der Waals surface area contributed by atoms with Crippen LogP contribution in [0.5, 0.6) is 0 Å². The molecule has 30 heavy (non-hydrogen) atoms. The molecule has 2 aromatic carbocycles. The third-order valence-electron chi connectivity index (χ3n) is 5.74. The van der Waals surface area contributed by atoms with Gasteiger partial charge in [0.2, 0.25) is 15.9 Å². The average Bonchev–Trinajstić information content (AvgIpc) is 3.15. The molecule has 2 heterocycles. The van der Waals surface area contributed by atoms with E-state index in [1.807, 2.05) is 4.90 Å². The highest BCUT2D eigenvalue weighted by molar-refractivity contribution is 7.89. The van der Waals surface area contributed by atoms with Crippen molar-refractivity contribution in [1.29, 1.82) is 0 Å². The Morgan fingerprint density at radius 1 is 1.10 bits per heavy atom. The number of carbonyl (C=O) groups is 1. The molecule has 0 atom stereocenters. The molecule has 0 aliphatic carbocycles. The maximum absolute atomic E-state index is 14.0. The molecule has 6 nitrogen and oxygen atoms in total. The quantitative estimate of drug-likeness (QED) is 0.717. The summed E-state index contributed by atoms with van der Waals surface area (Å²) in [4.78, 5) is 15.6. The number of fused-ring (bicyclic) bond motifs is 1. The summed E-state index contributed by atoms with van der Waals surface area (Å²) in [6.07, 6.45) is 0.648. The van der Waals surface area contributed by atoms with E-state index < -0.39 is 10.0 Å². The standard InChI is InChI=1S/C21H23ClFN3O3S/c1-15(27)26-8-7-16-13-17(5-6-21(16)26)30(28,29)25-11-9-24(10-12-25)14-18-19(22)3-2-4-20(18)23/h2-6,13H,7-12,14H2,1H3. The summed E-state index contributed by atoms with van der Waals surface area (Å²) < 4.78 is 41.7. The van der Waals surface area contributed by atoms with Crippen molar-refractivity contribution in [1.82, 2.24) is 9.21 Å².